The highest BCUT2D eigenvalue weighted by Gasteiger charge is 2.24. The van der Waals surface area contributed by atoms with E-state index in [-0.39, 0.29) is 16.8 Å². The highest BCUT2D eigenvalue weighted by Crippen LogP contribution is 2.28. The first-order valence-electron chi connectivity index (χ1n) is 12.7. The normalized spacial score (nSPS) is 13.2. The molecular formula is C30H26Cl2N4O3S. The van der Waals surface area contributed by atoms with Crippen LogP contribution < -0.4 is 15.5 Å². The van der Waals surface area contributed by atoms with Crippen LogP contribution in [0.5, 0.6) is 0 Å². The summed E-state index contributed by atoms with van der Waals surface area (Å²) in [5.74, 6) is 0.183. The molecular weight excluding hydrogens is 567 g/mol. The summed E-state index contributed by atoms with van der Waals surface area (Å²) in [5, 5.41) is 7.18. The summed E-state index contributed by atoms with van der Waals surface area (Å²) in [7, 11) is 0. The fourth-order valence-electron chi connectivity index (χ4n) is 4.46. The number of hydrogen-bond donors (Lipinski definition) is 2. The van der Waals surface area contributed by atoms with E-state index in [2.05, 4.69) is 15.5 Å². The van der Waals surface area contributed by atoms with Crippen molar-refractivity contribution >= 4 is 63.7 Å². The number of anilines is 2. The second-order valence-electron chi connectivity index (χ2n) is 9.34. The number of nitrogens with one attached hydrogen (secondary N) is 2. The number of rotatable bonds is 5. The maximum absolute atomic E-state index is 12.9. The highest BCUT2D eigenvalue weighted by atomic mass is 35.5. The number of thiocarbonyl (C=S) groups is 1. The minimum Gasteiger partial charge on any atom is -0.451 e. The Bertz CT molecular complexity index is 1560. The van der Waals surface area contributed by atoms with E-state index >= 15 is 0 Å². The number of carbonyl (C=O) groups is 2. The van der Waals surface area contributed by atoms with Gasteiger partial charge in [0, 0.05) is 47.4 Å². The van der Waals surface area contributed by atoms with Crippen molar-refractivity contribution in [3.05, 3.63) is 106 Å². The van der Waals surface area contributed by atoms with Crippen LogP contribution in [0.2, 0.25) is 10.0 Å². The van der Waals surface area contributed by atoms with Gasteiger partial charge in [-0.3, -0.25) is 14.9 Å². The van der Waals surface area contributed by atoms with Gasteiger partial charge < -0.3 is 19.5 Å². The van der Waals surface area contributed by atoms with Crippen LogP contribution >= 0.6 is 35.4 Å². The Morgan fingerprint density at radius 2 is 1.62 bits per heavy atom. The summed E-state index contributed by atoms with van der Waals surface area (Å²) in [5.41, 5.74) is 4.03. The van der Waals surface area contributed by atoms with Gasteiger partial charge in [-0.05, 0) is 79.3 Å². The van der Waals surface area contributed by atoms with E-state index in [1.807, 2.05) is 48.2 Å². The first-order valence-corrected chi connectivity index (χ1v) is 13.8. The SMILES string of the molecule is Cc1ccc(-c2ccc(C(=O)NC(=S)Nc3ccccc3N3CCN(C(=O)c4ccc(Cl)cc4)CC3)o2)cc1Cl. The van der Waals surface area contributed by atoms with E-state index in [1.54, 1.807) is 42.5 Å². The smallest absolute Gasteiger partial charge is 0.293 e. The third kappa shape index (κ3) is 6.31. The van der Waals surface area contributed by atoms with Crippen LogP contribution in [-0.4, -0.2) is 48.0 Å². The molecule has 2 heterocycles. The third-order valence-electron chi connectivity index (χ3n) is 6.66. The van der Waals surface area contributed by atoms with Gasteiger partial charge in [0.1, 0.15) is 5.76 Å². The molecule has 1 aliphatic rings. The first kappa shape index (κ1) is 27.7. The summed E-state index contributed by atoms with van der Waals surface area (Å²) >= 11 is 17.6. The fraction of sp³-hybridized carbons (Fsp3) is 0.167. The molecule has 0 aliphatic carbocycles. The Balaban J connectivity index is 1.19. The molecule has 0 spiro atoms. The first-order chi connectivity index (χ1) is 19.3. The quantitative estimate of drug-likeness (QED) is 0.253. The average molecular weight is 594 g/mol. The van der Waals surface area contributed by atoms with Crippen molar-refractivity contribution in [2.24, 2.45) is 0 Å². The van der Waals surface area contributed by atoms with Gasteiger partial charge >= 0.3 is 0 Å². The molecule has 0 unspecified atom stereocenters. The number of piperazine rings is 1. The Morgan fingerprint density at radius 1 is 0.900 bits per heavy atom. The molecule has 0 radical (unpaired) electrons. The molecule has 40 heavy (non-hydrogen) atoms. The molecule has 2 N–H and O–H groups in total. The minimum absolute atomic E-state index is 0.0156. The van der Waals surface area contributed by atoms with Gasteiger partial charge in [0.25, 0.3) is 11.8 Å². The molecule has 204 valence electrons. The van der Waals surface area contributed by atoms with Gasteiger partial charge in [0.05, 0.1) is 11.4 Å². The lowest BCUT2D eigenvalue weighted by atomic mass is 10.1. The van der Waals surface area contributed by atoms with Gasteiger partial charge in [0.15, 0.2) is 10.9 Å². The zero-order chi connectivity index (χ0) is 28.2. The molecule has 0 saturated carbocycles. The number of halogens is 2. The predicted octanol–water partition coefficient (Wildman–Crippen LogP) is 6.65. The van der Waals surface area contributed by atoms with Crippen LogP contribution in [-0.2, 0) is 0 Å². The summed E-state index contributed by atoms with van der Waals surface area (Å²) in [6.07, 6.45) is 0. The Labute approximate surface area is 247 Å². The summed E-state index contributed by atoms with van der Waals surface area (Å²) in [6, 6.07) is 23.5. The van der Waals surface area contributed by atoms with Crippen molar-refractivity contribution in [1.82, 2.24) is 10.2 Å². The third-order valence-corrected chi connectivity index (χ3v) is 7.53. The monoisotopic (exact) mass is 592 g/mol. The van der Waals surface area contributed by atoms with E-state index in [9.17, 15) is 9.59 Å². The molecule has 1 saturated heterocycles. The lowest BCUT2D eigenvalue weighted by Crippen LogP contribution is -2.49. The van der Waals surface area contributed by atoms with Crippen LogP contribution in [0.1, 0.15) is 26.5 Å². The predicted molar refractivity (Wildman–Crippen MR) is 164 cm³/mol. The van der Waals surface area contributed by atoms with Gasteiger partial charge in [-0.2, -0.15) is 0 Å². The number of amides is 2. The maximum atomic E-state index is 12.9. The molecule has 1 aliphatic heterocycles. The largest absolute Gasteiger partial charge is 0.451 e. The van der Waals surface area contributed by atoms with E-state index in [4.69, 9.17) is 39.8 Å². The number of carbonyl (C=O) groups excluding carboxylic acids is 2. The van der Waals surface area contributed by atoms with E-state index in [1.165, 1.54) is 0 Å². The van der Waals surface area contributed by atoms with E-state index < -0.39 is 5.91 Å². The van der Waals surface area contributed by atoms with E-state index in [0.717, 1.165) is 22.5 Å². The van der Waals surface area contributed by atoms with Gasteiger partial charge in [-0.15, -0.1) is 0 Å². The Hall–Kier alpha value is -3.85. The molecule has 5 rings (SSSR count). The summed E-state index contributed by atoms with van der Waals surface area (Å²) in [6.45, 7) is 4.36. The maximum Gasteiger partial charge on any atom is 0.293 e. The Kier molecular flexibility index (Phi) is 8.40. The van der Waals surface area contributed by atoms with Gasteiger partial charge in [-0.1, -0.05) is 47.5 Å². The number of hydrogen-bond acceptors (Lipinski definition) is 5. The molecule has 1 aromatic heterocycles. The zero-order valence-electron chi connectivity index (χ0n) is 21.6. The second kappa shape index (κ2) is 12.1. The molecule has 0 atom stereocenters. The number of benzene rings is 3. The van der Waals surface area contributed by atoms with Crippen molar-refractivity contribution in [2.75, 3.05) is 36.4 Å². The van der Waals surface area contributed by atoms with Crippen molar-refractivity contribution in [2.45, 2.75) is 6.92 Å². The molecule has 1 fully saturated rings. The summed E-state index contributed by atoms with van der Waals surface area (Å²) < 4.78 is 5.76. The van der Waals surface area contributed by atoms with Crippen LogP contribution in [0.15, 0.2) is 83.3 Å². The molecule has 3 aromatic carbocycles. The zero-order valence-corrected chi connectivity index (χ0v) is 23.9. The summed E-state index contributed by atoms with van der Waals surface area (Å²) in [4.78, 5) is 29.7. The van der Waals surface area contributed by atoms with Gasteiger partial charge in [-0.25, -0.2) is 0 Å². The number of para-hydroxylation sites is 2. The van der Waals surface area contributed by atoms with Crippen molar-refractivity contribution in [3.63, 3.8) is 0 Å². The fourth-order valence-corrected chi connectivity index (χ4v) is 4.97. The molecule has 10 heteroatoms. The Morgan fingerprint density at radius 3 is 2.35 bits per heavy atom. The molecule has 0 bridgehead atoms. The highest BCUT2D eigenvalue weighted by molar-refractivity contribution is 7.80. The van der Waals surface area contributed by atoms with Gasteiger partial charge in [0.2, 0.25) is 0 Å². The van der Waals surface area contributed by atoms with Crippen molar-refractivity contribution in [3.8, 4) is 11.3 Å². The lowest BCUT2D eigenvalue weighted by Gasteiger charge is -2.37. The molecule has 4 aromatic rings. The molecule has 7 nitrogen and oxygen atoms in total. The van der Waals surface area contributed by atoms with Crippen LogP contribution in [0.25, 0.3) is 11.3 Å². The number of furan rings is 1. The lowest BCUT2D eigenvalue weighted by molar-refractivity contribution is 0.0746. The standard InChI is InChI=1S/C30H26Cl2N4O3S/c1-19-6-7-21(18-23(19)32)26-12-13-27(39-26)28(37)34-30(40)33-24-4-2-3-5-25(24)35-14-16-36(17-15-35)29(38)20-8-10-22(31)11-9-20/h2-13,18H,14-17H2,1H3,(H2,33,34,37,40). The number of aryl methyl sites for hydroxylation is 1. The van der Waals surface area contributed by atoms with Crippen LogP contribution in [0.3, 0.4) is 0 Å². The van der Waals surface area contributed by atoms with Crippen LogP contribution in [0.4, 0.5) is 11.4 Å². The average Bonchev–Trinajstić information content (AvgIpc) is 3.46. The minimum atomic E-state index is -0.464. The van der Waals surface area contributed by atoms with E-state index in [0.29, 0.717) is 47.5 Å². The molecule has 2 amide bonds. The second-order valence-corrected chi connectivity index (χ2v) is 10.6. The van der Waals surface area contributed by atoms with Crippen molar-refractivity contribution in [1.29, 1.82) is 0 Å². The van der Waals surface area contributed by atoms with Crippen LogP contribution in [0, 0.1) is 6.92 Å². The topological polar surface area (TPSA) is 77.8 Å². The van der Waals surface area contributed by atoms with Crippen molar-refractivity contribution < 1.29 is 14.0 Å². The number of nitrogens with zero attached hydrogens (tertiary/aromatic N) is 2.